The fourth-order valence-corrected chi connectivity index (χ4v) is 3.94. The van der Waals surface area contributed by atoms with Gasteiger partial charge in [0.25, 0.3) is 0 Å². The minimum Gasteiger partial charge on any atom is -0.493 e. The number of nitrogens with zero attached hydrogens (tertiary/aromatic N) is 6. The van der Waals surface area contributed by atoms with Crippen LogP contribution in [-0.2, 0) is 0 Å². The van der Waals surface area contributed by atoms with Crippen molar-refractivity contribution in [2.24, 2.45) is 15.1 Å². The van der Waals surface area contributed by atoms with Crippen molar-refractivity contribution >= 4 is 35.6 Å². The molecule has 1 aliphatic carbocycles. The molecule has 4 aliphatic rings. The predicted molar refractivity (Wildman–Crippen MR) is 131 cm³/mol. The van der Waals surface area contributed by atoms with Crippen molar-refractivity contribution in [1.82, 2.24) is 25.3 Å². The number of aromatic nitrogens is 2. The standard InChI is InChI=1S/C22H24N10O2/c1-30-9-2-10-31(30)16-7-5-14(6-8-16)24-20-27-18-13(11-17-19(33)28-22(34)26-17)12-23-32(18)21(29-20)25-15-3-4-15/h2,5-8,10-12,15,18,33H,3-4,9H2,1H3,(H2,26,28,34)(H2,24,25,27,29)/b13-11-. The van der Waals surface area contributed by atoms with Gasteiger partial charge in [-0.05, 0) is 43.2 Å². The quantitative estimate of drug-likeness (QED) is 0.462. The van der Waals surface area contributed by atoms with Crippen molar-refractivity contribution in [2.75, 3.05) is 23.9 Å². The van der Waals surface area contributed by atoms with E-state index in [1.54, 1.807) is 17.3 Å². The second kappa shape index (κ2) is 7.92. The molecule has 6 rings (SSSR count). The van der Waals surface area contributed by atoms with E-state index in [1.165, 1.54) is 0 Å². The Hall–Kier alpha value is -4.32. The van der Waals surface area contributed by atoms with Crippen LogP contribution < -0.4 is 21.3 Å². The molecule has 1 saturated carbocycles. The molecule has 1 aromatic carbocycles. The van der Waals surface area contributed by atoms with Crippen LogP contribution in [0, 0.1) is 0 Å². The minimum absolute atomic E-state index is 0.230. The molecular weight excluding hydrogens is 436 g/mol. The van der Waals surface area contributed by atoms with E-state index in [2.05, 4.69) is 41.8 Å². The van der Waals surface area contributed by atoms with Gasteiger partial charge in [-0.2, -0.15) is 5.10 Å². The normalized spacial score (nSPS) is 24.1. The Kier molecular flexibility index (Phi) is 4.73. The molecule has 0 bridgehead atoms. The van der Waals surface area contributed by atoms with E-state index in [9.17, 15) is 9.90 Å². The Morgan fingerprint density at radius 1 is 1.24 bits per heavy atom. The molecule has 4 heterocycles. The summed E-state index contributed by atoms with van der Waals surface area (Å²) in [6.07, 6.45) is 9.08. The average Bonchev–Trinajstić information content (AvgIpc) is 3.22. The van der Waals surface area contributed by atoms with Gasteiger partial charge in [0.05, 0.1) is 17.9 Å². The van der Waals surface area contributed by atoms with Gasteiger partial charge >= 0.3 is 5.69 Å². The first-order valence-electron chi connectivity index (χ1n) is 11.1. The Morgan fingerprint density at radius 2 is 2.06 bits per heavy atom. The van der Waals surface area contributed by atoms with Crippen LogP contribution in [0.15, 0.2) is 62.0 Å². The highest BCUT2D eigenvalue weighted by molar-refractivity contribution is 6.09. The monoisotopic (exact) mass is 460 g/mol. The van der Waals surface area contributed by atoms with E-state index in [0.29, 0.717) is 17.5 Å². The summed E-state index contributed by atoms with van der Waals surface area (Å²) in [6.45, 7) is 0.883. The number of H-pyrrole nitrogens is 2. The largest absolute Gasteiger partial charge is 0.493 e. The fourth-order valence-electron chi connectivity index (χ4n) is 3.94. The molecule has 0 radical (unpaired) electrons. The number of anilines is 2. The number of nitrogens with one attached hydrogen (secondary N) is 4. The summed E-state index contributed by atoms with van der Waals surface area (Å²) < 4.78 is 0. The third-order valence-electron chi connectivity index (χ3n) is 5.84. The first-order valence-corrected chi connectivity index (χ1v) is 11.1. The number of hydrazine groups is 1. The molecule has 1 unspecified atom stereocenters. The minimum atomic E-state index is -0.485. The summed E-state index contributed by atoms with van der Waals surface area (Å²) in [5.41, 5.74) is 2.43. The second-order valence-electron chi connectivity index (χ2n) is 8.48. The molecule has 3 aliphatic heterocycles. The van der Waals surface area contributed by atoms with Crippen LogP contribution in [0.3, 0.4) is 0 Å². The molecule has 1 aromatic heterocycles. The van der Waals surface area contributed by atoms with Gasteiger partial charge in [0.15, 0.2) is 6.17 Å². The number of hydrogen-bond acceptors (Lipinski definition) is 8. The van der Waals surface area contributed by atoms with Crippen LogP contribution in [0.25, 0.3) is 6.08 Å². The SMILES string of the molecule is CN1CC=CN1c1ccc(NC2=NC3/C(=C\c4[nH]c(=O)[nH]c4O)C=NN3C(=NC3CC3)N2)cc1. The molecule has 12 nitrogen and oxygen atoms in total. The lowest BCUT2D eigenvalue weighted by atomic mass is 10.2. The molecule has 174 valence electrons. The lowest BCUT2D eigenvalue weighted by Gasteiger charge is -2.30. The van der Waals surface area contributed by atoms with Gasteiger partial charge in [-0.1, -0.05) is 6.08 Å². The first kappa shape index (κ1) is 20.3. The van der Waals surface area contributed by atoms with E-state index < -0.39 is 11.9 Å². The third-order valence-corrected chi connectivity index (χ3v) is 5.84. The van der Waals surface area contributed by atoms with Crippen LogP contribution in [0.4, 0.5) is 11.4 Å². The summed E-state index contributed by atoms with van der Waals surface area (Å²) in [5.74, 6) is 0.915. The number of imidazole rings is 1. The molecule has 5 N–H and O–H groups in total. The Balaban J connectivity index is 1.27. The zero-order chi connectivity index (χ0) is 23.2. The fraction of sp³-hybridized carbons (Fsp3) is 0.273. The van der Waals surface area contributed by atoms with E-state index in [1.807, 2.05) is 37.5 Å². The summed E-state index contributed by atoms with van der Waals surface area (Å²) in [5, 5.41) is 26.9. The van der Waals surface area contributed by atoms with Gasteiger partial charge in [-0.25, -0.2) is 24.8 Å². The van der Waals surface area contributed by atoms with Gasteiger partial charge in [-0.15, -0.1) is 0 Å². The highest BCUT2D eigenvalue weighted by Crippen LogP contribution is 2.29. The number of hydrazone groups is 1. The molecule has 1 fully saturated rings. The van der Waals surface area contributed by atoms with E-state index in [0.717, 1.165) is 30.8 Å². The number of rotatable bonds is 4. The van der Waals surface area contributed by atoms with Crippen molar-refractivity contribution in [3.8, 4) is 5.88 Å². The number of aromatic hydroxyl groups is 1. The lowest BCUT2D eigenvalue weighted by molar-refractivity contribution is 0.381. The summed E-state index contributed by atoms with van der Waals surface area (Å²) in [7, 11) is 2.04. The van der Waals surface area contributed by atoms with E-state index in [-0.39, 0.29) is 17.6 Å². The second-order valence-corrected chi connectivity index (χ2v) is 8.48. The number of aromatic amines is 2. The molecule has 2 aromatic rings. The summed E-state index contributed by atoms with van der Waals surface area (Å²) in [4.78, 5) is 25.9. The highest BCUT2D eigenvalue weighted by Gasteiger charge is 2.36. The Morgan fingerprint density at radius 3 is 2.74 bits per heavy atom. The van der Waals surface area contributed by atoms with Crippen molar-refractivity contribution in [2.45, 2.75) is 25.0 Å². The van der Waals surface area contributed by atoms with Crippen LogP contribution in [0.1, 0.15) is 18.5 Å². The highest BCUT2D eigenvalue weighted by atomic mass is 16.3. The Labute approximate surface area is 194 Å². The smallest absolute Gasteiger partial charge is 0.326 e. The number of guanidine groups is 2. The van der Waals surface area contributed by atoms with Crippen LogP contribution in [0.2, 0.25) is 0 Å². The first-order chi connectivity index (χ1) is 16.5. The zero-order valence-corrected chi connectivity index (χ0v) is 18.4. The average molecular weight is 461 g/mol. The molecule has 0 amide bonds. The number of benzene rings is 1. The van der Waals surface area contributed by atoms with Gasteiger partial charge in [-0.3, -0.25) is 15.3 Å². The maximum absolute atomic E-state index is 11.5. The van der Waals surface area contributed by atoms with Gasteiger partial charge in [0, 0.05) is 31.1 Å². The van der Waals surface area contributed by atoms with Crippen LogP contribution >= 0.6 is 0 Å². The molecule has 0 spiro atoms. The van der Waals surface area contributed by atoms with Gasteiger partial charge in [0.1, 0.15) is 5.69 Å². The van der Waals surface area contributed by atoms with E-state index in [4.69, 9.17) is 9.98 Å². The van der Waals surface area contributed by atoms with Crippen LogP contribution in [-0.4, -0.2) is 69.0 Å². The van der Waals surface area contributed by atoms with Gasteiger partial charge < -0.3 is 15.4 Å². The summed E-state index contributed by atoms with van der Waals surface area (Å²) in [6, 6.07) is 8.35. The van der Waals surface area contributed by atoms with Gasteiger partial charge in [0.2, 0.25) is 17.8 Å². The Bertz CT molecular complexity index is 1310. The van der Waals surface area contributed by atoms with Crippen molar-refractivity contribution < 1.29 is 5.11 Å². The number of hydrogen-bond donors (Lipinski definition) is 5. The molecule has 1 atom stereocenters. The molecular formula is C22H24N10O2. The van der Waals surface area contributed by atoms with E-state index >= 15 is 0 Å². The number of fused-ring (bicyclic) bond motifs is 1. The zero-order valence-electron chi connectivity index (χ0n) is 18.4. The molecule has 0 saturated heterocycles. The third kappa shape index (κ3) is 3.83. The van der Waals surface area contributed by atoms with Crippen LogP contribution in [0.5, 0.6) is 5.88 Å². The van der Waals surface area contributed by atoms with Crippen molar-refractivity contribution in [1.29, 1.82) is 0 Å². The van der Waals surface area contributed by atoms with Crippen molar-refractivity contribution in [3.05, 3.63) is 58.3 Å². The molecule has 34 heavy (non-hydrogen) atoms. The molecule has 12 heteroatoms. The number of aliphatic imine (C=N–C) groups is 2. The topological polar surface area (TPSA) is 140 Å². The predicted octanol–water partition coefficient (Wildman–Crippen LogP) is 1.19. The maximum atomic E-state index is 11.5. The maximum Gasteiger partial charge on any atom is 0.326 e. The lowest BCUT2D eigenvalue weighted by Crippen LogP contribution is -2.52. The number of likely N-dealkylation sites (N-methyl/N-ethyl adjacent to an activating group) is 1. The summed E-state index contributed by atoms with van der Waals surface area (Å²) >= 11 is 0. The van der Waals surface area contributed by atoms with Crippen molar-refractivity contribution in [3.63, 3.8) is 0 Å².